The number of rotatable bonds is 7. The summed E-state index contributed by atoms with van der Waals surface area (Å²) in [7, 11) is -12.7. The van der Waals surface area contributed by atoms with E-state index in [-0.39, 0.29) is 28.6 Å². The second kappa shape index (κ2) is 13.1. The first-order valence-electron chi connectivity index (χ1n) is 11.3. The van der Waals surface area contributed by atoms with Crippen LogP contribution in [0.15, 0.2) is 86.7 Å². The van der Waals surface area contributed by atoms with Crippen LogP contribution in [0.1, 0.15) is 11.1 Å². The van der Waals surface area contributed by atoms with Crippen LogP contribution in [0.5, 0.6) is 0 Å². The van der Waals surface area contributed by atoms with E-state index in [0.29, 0.717) is 11.1 Å². The van der Waals surface area contributed by atoms with Gasteiger partial charge in [0.1, 0.15) is 32.8 Å². The number of benzene rings is 4. The van der Waals surface area contributed by atoms with Crippen molar-refractivity contribution in [3.63, 3.8) is 0 Å². The lowest BCUT2D eigenvalue weighted by molar-refractivity contribution is 0.259. The van der Waals surface area contributed by atoms with Gasteiger partial charge in [0.2, 0.25) is 0 Å². The Balaban J connectivity index is 0.00000119. The highest BCUT2D eigenvalue weighted by molar-refractivity contribution is 7.86. The Bertz CT molecular complexity index is 2080. The minimum absolute atomic E-state index is 0.00782. The van der Waals surface area contributed by atoms with Gasteiger partial charge in [0, 0.05) is 11.5 Å². The van der Waals surface area contributed by atoms with Crippen LogP contribution in [0.4, 0.5) is 30.6 Å². The Kier molecular flexibility index (Phi) is 9.99. The molecule has 19 heteroatoms. The first-order chi connectivity index (χ1) is 19.9. The highest BCUT2D eigenvalue weighted by atomic mass is 32.2. The van der Waals surface area contributed by atoms with Crippen molar-refractivity contribution in [2.75, 3.05) is 5.32 Å². The van der Waals surface area contributed by atoms with Crippen LogP contribution in [0.3, 0.4) is 0 Å². The van der Waals surface area contributed by atoms with E-state index >= 15 is 0 Å². The molecule has 14 nitrogen and oxygen atoms in total. The Morgan fingerprint density at radius 3 is 1.93 bits per heavy atom. The van der Waals surface area contributed by atoms with Crippen molar-refractivity contribution in [3.05, 3.63) is 89.5 Å². The average Bonchev–Trinajstić information content (AvgIpc) is 2.85. The third kappa shape index (κ3) is 9.15. The molecule has 226 valence electrons. The van der Waals surface area contributed by atoms with E-state index in [2.05, 4.69) is 15.5 Å². The molecule has 0 fully saturated rings. The molecule has 43 heavy (non-hydrogen) atoms. The third-order valence-electron chi connectivity index (χ3n) is 5.39. The lowest BCUT2D eigenvalue weighted by Crippen LogP contribution is -2.19. The topological polar surface area (TPSA) is 240 Å². The fraction of sp³-hybridized carbons (Fsp3) is 0.0417. The molecule has 0 radical (unpaired) electrons. The van der Waals surface area contributed by atoms with E-state index in [0.717, 1.165) is 36.4 Å². The molecular formula is C24H18F2N4O10S3. The standard InChI is InChI=1S/C24H18F2N4O7S2.O3S/c25-16-7-14(8-17(26)11-16)6-13-4-5-19(20(9-13)28-24(27)31)29-30-21-12-18-15(10-23(21)39(35,36)37)2-1-3-22(18)38(32,33)34;1-4(2)3/h1-5,7-12H,6H2,(H3,27,28,31)(H,32,33,34)(H,35,36,37);. The number of halogens is 2. The molecule has 0 spiro atoms. The monoisotopic (exact) mass is 656 g/mol. The zero-order valence-corrected chi connectivity index (χ0v) is 23.6. The Hall–Kier alpha value is -4.69. The highest BCUT2D eigenvalue weighted by Gasteiger charge is 2.21. The number of primary amides is 1. The van der Waals surface area contributed by atoms with Crippen molar-refractivity contribution in [2.24, 2.45) is 16.0 Å². The van der Waals surface area contributed by atoms with E-state index in [1.165, 1.54) is 30.3 Å². The number of hydrogen-bond acceptors (Lipinski definition) is 10. The minimum atomic E-state index is -4.87. The van der Waals surface area contributed by atoms with Gasteiger partial charge in [-0.25, -0.2) is 13.6 Å². The Morgan fingerprint density at radius 2 is 1.37 bits per heavy atom. The van der Waals surface area contributed by atoms with Gasteiger partial charge in [0.25, 0.3) is 20.2 Å². The van der Waals surface area contributed by atoms with Gasteiger partial charge in [-0.1, -0.05) is 18.2 Å². The number of anilines is 1. The highest BCUT2D eigenvalue weighted by Crippen LogP contribution is 2.35. The predicted octanol–water partition coefficient (Wildman–Crippen LogP) is 4.10. The van der Waals surface area contributed by atoms with Crippen LogP contribution >= 0.6 is 0 Å². The zero-order valence-electron chi connectivity index (χ0n) is 21.2. The summed E-state index contributed by atoms with van der Waals surface area (Å²) in [5, 5.41) is 10.0. The maximum Gasteiger partial charge on any atom is 0.425 e. The lowest BCUT2D eigenvalue weighted by atomic mass is 10.0. The molecule has 4 rings (SSSR count). The smallest absolute Gasteiger partial charge is 0.351 e. The summed E-state index contributed by atoms with van der Waals surface area (Å²) in [6.07, 6.45) is 0.0650. The van der Waals surface area contributed by atoms with Gasteiger partial charge in [0.05, 0.1) is 5.69 Å². The third-order valence-corrected chi connectivity index (χ3v) is 7.19. The van der Waals surface area contributed by atoms with Gasteiger partial charge in [-0.2, -0.15) is 16.8 Å². The number of carbonyl (C=O) groups excluding carboxylic acids is 1. The van der Waals surface area contributed by atoms with Gasteiger partial charge in [-0.05, 0) is 65.4 Å². The molecule has 0 aliphatic heterocycles. The average molecular weight is 657 g/mol. The molecule has 4 aromatic rings. The number of amides is 2. The van der Waals surface area contributed by atoms with Crippen LogP contribution in [-0.2, 0) is 37.3 Å². The van der Waals surface area contributed by atoms with Gasteiger partial charge in [-0.3, -0.25) is 9.11 Å². The van der Waals surface area contributed by atoms with Crippen molar-refractivity contribution in [1.82, 2.24) is 0 Å². The Morgan fingerprint density at radius 1 is 0.791 bits per heavy atom. The van der Waals surface area contributed by atoms with Crippen LogP contribution in [-0.4, -0.2) is 44.6 Å². The van der Waals surface area contributed by atoms with Crippen LogP contribution in [0, 0.1) is 11.6 Å². The van der Waals surface area contributed by atoms with Gasteiger partial charge in [-0.15, -0.1) is 22.9 Å². The molecule has 5 N–H and O–H groups in total. The number of nitrogens with two attached hydrogens (primary N) is 1. The van der Waals surface area contributed by atoms with E-state index in [1.807, 2.05) is 0 Å². The summed E-state index contributed by atoms with van der Waals surface area (Å²) in [6, 6.07) is 11.9. The summed E-state index contributed by atoms with van der Waals surface area (Å²) in [4.78, 5) is 10.3. The van der Waals surface area contributed by atoms with Crippen LogP contribution < -0.4 is 11.1 Å². The summed E-state index contributed by atoms with van der Waals surface area (Å²) in [5.74, 6) is -1.54. The first-order valence-corrected chi connectivity index (χ1v) is 15.2. The lowest BCUT2D eigenvalue weighted by Gasteiger charge is -2.10. The van der Waals surface area contributed by atoms with Crippen molar-refractivity contribution >= 4 is 64.7 Å². The number of hydrogen-bond donors (Lipinski definition) is 4. The first kappa shape index (κ1) is 32.8. The number of urea groups is 1. The van der Waals surface area contributed by atoms with Crippen molar-refractivity contribution in [3.8, 4) is 0 Å². The molecular weight excluding hydrogens is 638 g/mol. The summed E-state index contributed by atoms with van der Waals surface area (Å²) < 4.78 is 119. The molecule has 0 saturated carbocycles. The number of nitrogens with one attached hydrogen (secondary N) is 1. The fourth-order valence-corrected chi connectivity index (χ4v) is 5.19. The second-order valence-corrected chi connectivity index (χ2v) is 11.6. The largest absolute Gasteiger partial charge is 0.425 e. The van der Waals surface area contributed by atoms with E-state index in [4.69, 9.17) is 18.4 Å². The second-order valence-electron chi connectivity index (χ2n) is 8.45. The van der Waals surface area contributed by atoms with Gasteiger partial charge >= 0.3 is 16.6 Å². The summed E-state index contributed by atoms with van der Waals surface area (Å²) >= 11 is 0. The fourth-order valence-electron chi connectivity index (χ4n) is 3.84. The van der Waals surface area contributed by atoms with E-state index in [9.17, 15) is 39.5 Å². The maximum absolute atomic E-state index is 13.6. The van der Waals surface area contributed by atoms with Crippen molar-refractivity contribution in [1.29, 1.82) is 0 Å². The van der Waals surface area contributed by atoms with E-state index < -0.39 is 64.0 Å². The van der Waals surface area contributed by atoms with Gasteiger partial charge in [0.15, 0.2) is 0 Å². The van der Waals surface area contributed by atoms with Crippen LogP contribution in [0.2, 0.25) is 0 Å². The molecule has 0 aliphatic carbocycles. The maximum atomic E-state index is 13.6. The van der Waals surface area contributed by atoms with Crippen molar-refractivity contribution in [2.45, 2.75) is 16.2 Å². The molecule has 0 aliphatic rings. The van der Waals surface area contributed by atoms with E-state index in [1.54, 1.807) is 0 Å². The predicted molar refractivity (Wildman–Crippen MR) is 146 cm³/mol. The normalized spacial score (nSPS) is 11.6. The van der Waals surface area contributed by atoms with Crippen molar-refractivity contribution < 1.29 is 52.1 Å². The zero-order chi connectivity index (χ0) is 32.1. The number of fused-ring (bicyclic) bond motifs is 1. The molecule has 0 heterocycles. The molecule has 0 aromatic heterocycles. The number of nitrogens with zero attached hydrogens (tertiary/aromatic N) is 2. The number of carbonyl (C=O) groups is 1. The molecule has 0 saturated heterocycles. The Labute approximate surface area is 243 Å². The summed E-state index contributed by atoms with van der Waals surface area (Å²) in [6.45, 7) is 0. The summed E-state index contributed by atoms with van der Waals surface area (Å²) in [5.41, 5.74) is 5.51. The van der Waals surface area contributed by atoms with Crippen LogP contribution in [0.25, 0.3) is 10.8 Å². The SMILES string of the molecule is NC(=O)Nc1cc(Cc2cc(F)cc(F)c2)ccc1N=Nc1cc2c(S(=O)(=O)O)cccc2cc1S(=O)(=O)O.O=S(=O)=O. The van der Waals surface area contributed by atoms with Gasteiger partial charge < -0.3 is 11.1 Å². The number of azo groups is 1. The molecule has 0 unspecified atom stereocenters. The molecule has 4 aromatic carbocycles. The minimum Gasteiger partial charge on any atom is -0.351 e. The molecule has 0 atom stereocenters. The quantitative estimate of drug-likeness (QED) is 0.164. The molecule has 0 bridgehead atoms. The molecule has 2 amide bonds.